The maximum Gasteiger partial charge on any atom is 0.318 e. The van der Waals surface area contributed by atoms with Crippen molar-refractivity contribution in [1.82, 2.24) is 30.6 Å². The van der Waals surface area contributed by atoms with E-state index in [0.717, 1.165) is 16.9 Å². The van der Waals surface area contributed by atoms with Gasteiger partial charge in [-0.2, -0.15) is 0 Å². The fraction of sp³-hybridized carbons (Fsp3) is 0.263. The molecular weight excluding hydrogens is 374 g/mol. The lowest BCUT2D eigenvalue weighted by molar-refractivity contribution is -0.131. The molecule has 10 nitrogen and oxygen atoms in total. The topological polar surface area (TPSA) is 126 Å². The average molecular weight is 395 g/mol. The quantitative estimate of drug-likeness (QED) is 0.386. The van der Waals surface area contributed by atoms with Crippen LogP contribution in [0.3, 0.4) is 0 Å². The summed E-state index contributed by atoms with van der Waals surface area (Å²) < 4.78 is 0. The van der Waals surface area contributed by atoms with Gasteiger partial charge in [0.2, 0.25) is 0 Å². The minimum absolute atomic E-state index is 0.364. The van der Waals surface area contributed by atoms with Gasteiger partial charge in [0.25, 0.3) is 5.91 Å². The zero-order valence-corrected chi connectivity index (χ0v) is 15.6. The molecule has 3 amide bonds. The number of aromatic nitrogens is 3. The Morgan fingerprint density at radius 1 is 1.07 bits per heavy atom. The van der Waals surface area contributed by atoms with Crippen molar-refractivity contribution in [3.63, 3.8) is 0 Å². The summed E-state index contributed by atoms with van der Waals surface area (Å²) in [4.78, 5) is 40.2. The zero-order chi connectivity index (χ0) is 20.2. The molecule has 4 rings (SSSR count). The molecule has 3 aromatic rings. The normalized spacial score (nSPS) is 15.2. The van der Waals surface area contributed by atoms with Crippen LogP contribution in [0.2, 0.25) is 0 Å². The van der Waals surface area contributed by atoms with Gasteiger partial charge in [0.15, 0.2) is 0 Å². The second kappa shape index (κ2) is 8.15. The standard InChI is InChI=1S/C19H21N7O3/c27-18(24-29)15(13-4-2-1-3-5-13)23-19(28)26-10-8-25(9-11-26)17-14-6-7-20-16(14)21-12-22-17/h1-7,12,15,29H,8-11H2,(H,23,28)(H,24,27)(H,20,21,22)/t15-/m1/s1. The second-order valence-electron chi connectivity index (χ2n) is 6.68. The Labute approximate surface area is 166 Å². The molecule has 3 heterocycles. The number of nitrogens with zero attached hydrogens (tertiary/aromatic N) is 4. The fourth-order valence-electron chi connectivity index (χ4n) is 3.46. The molecule has 0 aliphatic carbocycles. The summed E-state index contributed by atoms with van der Waals surface area (Å²) >= 11 is 0. The Bertz CT molecular complexity index is 999. The molecule has 0 unspecified atom stereocenters. The third kappa shape index (κ3) is 3.83. The summed E-state index contributed by atoms with van der Waals surface area (Å²) in [5.41, 5.74) is 2.98. The van der Waals surface area contributed by atoms with Crippen LogP contribution in [0.4, 0.5) is 10.6 Å². The average Bonchev–Trinajstić information content (AvgIpc) is 3.26. The van der Waals surface area contributed by atoms with Gasteiger partial charge in [-0.05, 0) is 11.6 Å². The highest BCUT2D eigenvalue weighted by molar-refractivity contribution is 5.88. The van der Waals surface area contributed by atoms with Crippen molar-refractivity contribution >= 4 is 28.8 Å². The van der Waals surface area contributed by atoms with E-state index in [9.17, 15) is 9.59 Å². The first-order valence-corrected chi connectivity index (χ1v) is 9.24. The van der Waals surface area contributed by atoms with Gasteiger partial charge in [-0.3, -0.25) is 10.0 Å². The van der Waals surface area contributed by atoms with E-state index in [4.69, 9.17) is 5.21 Å². The number of amides is 3. The lowest BCUT2D eigenvalue weighted by atomic mass is 10.1. The van der Waals surface area contributed by atoms with Crippen LogP contribution in [0.5, 0.6) is 0 Å². The Hall–Kier alpha value is -3.66. The molecule has 0 radical (unpaired) electrons. The summed E-state index contributed by atoms with van der Waals surface area (Å²) in [7, 11) is 0. The number of hydrogen-bond donors (Lipinski definition) is 4. The first-order chi connectivity index (χ1) is 14.2. The summed E-state index contributed by atoms with van der Waals surface area (Å²) in [6.45, 7) is 2.16. The number of carbonyl (C=O) groups is 2. The number of benzene rings is 1. The van der Waals surface area contributed by atoms with Crippen LogP contribution >= 0.6 is 0 Å². The Morgan fingerprint density at radius 3 is 2.55 bits per heavy atom. The molecule has 150 valence electrons. The van der Waals surface area contributed by atoms with Crippen molar-refractivity contribution in [2.24, 2.45) is 0 Å². The van der Waals surface area contributed by atoms with Gasteiger partial charge in [0, 0.05) is 32.4 Å². The van der Waals surface area contributed by atoms with Crippen molar-refractivity contribution in [2.75, 3.05) is 31.1 Å². The van der Waals surface area contributed by atoms with E-state index < -0.39 is 11.9 Å². The largest absolute Gasteiger partial charge is 0.352 e. The predicted molar refractivity (Wildman–Crippen MR) is 105 cm³/mol. The van der Waals surface area contributed by atoms with Crippen LogP contribution in [-0.2, 0) is 4.79 Å². The monoisotopic (exact) mass is 395 g/mol. The molecule has 1 fully saturated rings. The Morgan fingerprint density at radius 2 is 1.83 bits per heavy atom. The highest BCUT2D eigenvalue weighted by atomic mass is 16.5. The summed E-state index contributed by atoms with van der Waals surface area (Å²) in [6, 6.07) is 9.37. The van der Waals surface area contributed by atoms with Gasteiger partial charge in [0.1, 0.15) is 23.8 Å². The smallest absolute Gasteiger partial charge is 0.318 e. The molecule has 10 heteroatoms. The molecule has 1 aliphatic rings. The number of anilines is 1. The van der Waals surface area contributed by atoms with E-state index in [0.29, 0.717) is 31.7 Å². The van der Waals surface area contributed by atoms with Gasteiger partial charge < -0.3 is 20.1 Å². The molecular formula is C19H21N7O3. The number of urea groups is 1. The molecule has 0 saturated carbocycles. The number of aromatic amines is 1. The first kappa shape index (κ1) is 18.7. The van der Waals surface area contributed by atoms with Gasteiger partial charge in [-0.1, -0.05) is 30.3 Å². The number of piperazine rings is 1. The SMILES string of the molecule is O=C(NO)[C@H](NC(=O)N1CCN(c2ncnc3[nH]ccc23)CC1)c1ccccc1. The van der Waals surface area contributed by atoms with Crippen LogP contribution in [0, 0.1) is 0 Å². The number of carbonyl (C=O) groups excluding carboxylic acids is 2. The first-order valence-electron chi connectivity index (χ1n) is 9.24. The van der Waals surface area contributed by atoms with Crippen molar-refractivity contribution in [1.29, 1.82) is 0 Å². The van der Waals surface area contributed by atoms with E-state index in [1.54, 1.807) is 34.6 Å². The Kier molecular flexibility index (Phi) is 5.25. The molecule has 0 bridgehead atoms. The maximum atomic E-state index is 12.7. The van der Waals surface area contributed by atoms with Crippen molar-refractivity contribution in [2.45, 2.75) is 6.04 Å². The van der Waals surface area contributed by atoms with Gasteiger partial charge in [-0.25, -0.2) is 20.2 Å². The number of nitrogens with one attached hydrogen (secondary N) is 3. The highest BCUT2D eigenvalue weighted by Crippen LogP contribution is 2.23. The van der Waals surface area contributed by atoms with Crippen LogP contribution < -0.4 is 15.7 Å². The summed E-state index contributed by atoms with van der Waals surface area (Å²) in [5, 5.41) is 12.7. The molecule has 1 atom stereocenters. The number of rotatable bonds is 4. The molecule has 1 saturated heterocycles. The number of hydrogen-bond acceptors (Lipinski definition) is 6. The fourth-order valence-corrected chi connectivity index (χ4v) is 3.46. The third-order valence-corrected chi connectivity index (χ3v) is 4.97. The lowest BCUT2D eigenvalue weighted by Crippen LogP contribution is -2.53. The number of fused-ring (bicyclic) bond motifs is 1. The molecule has 1 aliphatic heterocycles. The molecule has 0 spiro atoms. The van der Waals surface area contributed by atoms with E-state index >= 15 is 0 Å². The molecule has 4 N–H and O–H groups in total. The number of H-pyrrole nitrogens is 1. The minimum Gasteiger partial charge on any atom is -0.352 e. The van der Waals surface area contributed by atoms with Crippen LogP contribution in [0.15, 0.2) is 48.9 Å². The molecule has 29 heavy (non-hydrogen) atoms. The third-order valence-electron chi connectivity index (χ3n) is 4.97. The van der Waals surface area contributed by atoms with Gasteiger partial charge in [0.05, 0.1) is 5.39 Å². The van der Waals surface area contributed by atoms with E-state index in [1.807, 2.05) is 18.3 Å². The minimum atomic E-state index is -0.979. The van der Waals surface area contributed by atoms with Crippen molar-refractivity contribution in [3.05, 3.63) is 54.5 Å². The summed E-state index contributed by atoms with van der Waals surface area (Å²) in [5.74, 6) is 0.136. The number of hydroxylamine groups is 1. The lowest BCUT2D eigenvalue weighted by Gasteiger charge is -2.36. The van der Waals surface area contributed by atoms with Gasteiger partial charge >= 0.3 is 6.03 Å². The summed E-state index contributed by atoms with van der Waals surface area (Å²) in [6.07, 6.45) is 3.34. The van der Waals surface area contributed by atoms with Crippen LogP contribution in [0.25, 0.3) is 11.0 Å². The van der Waals surface area contributed by atoms with Crippen molar-refractivity contribution in [3.8, 4) is 0 Å². The van der Waals surface area contributed by atoms with Crippen LogP contribution in [-0.4, -0.2) is 63.2 Å². The zero-order valence-electron chi connectivity index (χ0n) is 15.6. The second-order valence-corrected chi connectivity index (χ2v) is 6.68. The van der Waals surface area contributed by atoms with Crippen LogP contribution in [0.1, 0.15) is 11.6 Å². The predicted octanol–water partition coefficient (Wildman–Crippen LogP) is 1.04. The van der Waals surface area contributed by atoms with E-state index in [2.05, 4.69) is 25.2 Å². The van der Waals surface area contributed by atoms with E-state index in [1.165, 1.54) is 6.33 Å². The van der Waals surface area contributed by atoms with Gasteiger partial charge in [-0.15, -0.1) is 0 Å². The van der Waals surface area contributed by atoms with E-state index in [-0.39, 0.29) is 6.03 Å². The molecule has 2 aromatic heterocycles. The maximum absolute atomic E-state index is 12.7. The van der Waals surface area contributed by atoms with Crippen molar-refractivity contribution < 1.29 is 14.8 Å². The Balaban J connectivity index is 1.42. The molecule has 1 aromatic carbocycles. The highest BCUT2D eigenvalue weighted by Gasteiger charge is 2.28.